The maximum absolute atomic E-state index is 15.1. The number of hydrogen-bond acceptors (Lipinski definition) is 10. The molecule has 14 nitrogen and oxygen atoms in total. The summed E-state index contributed by atoms with van der Waals surface area (Å²) in [5.74, 6) is -0.0725. The van der Waals surface area contributed by atoms with Crippen LogP contribution < -0.4 is 20.7 Å². The molecule has 8 aliphatic rings. The monoisotopic (exact) mass is 988 g/mol. The van der Waals surface area contributed by atoms with Crippen LogP contribution >= 0.6 is 0 Å². The van der Waals surface area contributed by atoms with Crippen LogP contribution in [-0.4, -0.2) is 82.6 Å². The van der Waals surface area contributed by atoms with Gasteiger partial charge in [-0.05, 0) is 164 Å². The van der Waals surface area contributed by atoms with Gasteiger partial charge in [0.15, 0.2) is 0 Å². The zero-order valence-corrected chi connectivity index (χ0v) is 43.0. The van der Waals surface area contributed by atoms with Crippen LogP contribution in [0.1, 0.15) is 186 Å². The van der Waals surface area contributed by atoms with Gasteiger partial charge in [0.1, 0.15) is 36.2 Å². The van der Waals surface area contributed by atoms with E-state index >= 15 is 8.78 Å². The van der Waals surface area contributed by atoms with E-state index in [1.54, 1.807) is 9.80 Å². The molecule has 4 bridgehead atoms. The second kappa shape index (κ2) is 17.1. The summed E-state index contributed by atoms with van der Waals surface area (Å²) in [5.41, 5.74) is 6.73. The van der Waals surface area contributed by atoms with Crippen molar-refractivity contribution in [2.75, 3.05) is 22.9 Å². The van der Waals surface area contributed by atoms with Crippen molar-refractivity contribution in [1.82, 2.24) is 9.13 Å². The fraction of sp³-hybridized carbons (Fsp3) is 0.556. The van der Waals surface area contributed by atoms with Gasteiger partial charge in [0.05, 0.1) is 33.8 Å². The van der Waals surface area contributed by atoms with Crippen molar-refractivity contribution in [1.29, 1.82) is 0 Å². The number of carbonyl (C=O) groups is 4. The number of amides is 2. The lowest BCUT2D eigenvalue weighted by atomic mass is 9.75. The van der Waals surface area contributed by atoms with Crippen LogP contribution in [0.2, 0.25) is 0 Å². The van der Waals surface area contributed by atoms with Gasteiger partial charge >= 0.3 is 26.2 Å². The van der Waals surface area contributed by atoms with E-state index in [1.807, 2.05) is 67.5 Å². The van der Waals surface area contributed by atoms with E-state index in [0.717, 1.165) is 0 Å². The van der Waals surface area contributed by atoms with Gasteiger partial charge in [0.2, 0.25) is 0 Å². The lowest BCUT2D eigenvalue weighted by Crippen LogP contribution is -2.44. The van der Waals surface area contributed by atoms with Gasteiger partial charge in [-0.25, -0.2) is 8.78 Å². The highest BCUT2D eigenvalue weighted by molar-refractivity contribution is 6.63. The molecule has 4 aliphatic heterocycles. The minimum absolute atomic E-state index is 0.115. The third kappa shape index (κ3) is 7.87. The molecule has 18 heteroatoms. The molecular weight excluding hydrogens is 924 g/mol. The summed E-state index contributed by atoms with van der Waals surface area (Å²) < 4.78 is 70.2. The normalized spacial score (nSPS) is 25.3. The van der Waals surface area contributed by atoms with Crippen LogP contribution in [0.25, 0.3) is 0 Å². The van der Waals surface area contributed by atoms with Gasteiger partial charge in [-0.1, -0.05) is 0 Å². The number of nitrogens with zero attached hydrogens (tertiary/aromatic N) is 4. The highest BCUT2D eigenvalue weighted by Gasteiger charge is 2.55. The lowest BCUT2D eigenvalue weighted by molar-refractivity contribution is -0.143. The SMILES string of the molecule is CC(=O)OCc1c(B2OC(C)(C)C(C)(C)O2)cc(F)cc1N1CCn2c(cc3c2C2CCC3C2)C1=O.CC(=O)OCc1c(B2OC(C)(C)C(C)(C)O2)cc(F)cc1N1CCn2c(cc3c2C2CCC3C2)C1=O. The summed E-state index contributed by atoms with van der Waals surface area (Å²) in [6.07, 6.45) is 7.13. The van der Waals surface area contributed by atoms with E-state index < -0.39 is 60.2 Å². The Kier molecular flexibility index (Phi) is 11.7. The molecule has 2 aromatic heterocycles. The van der Waals surface area contributed by atoms with Crippen LogP contribution in [0, 0.1) is 11.6 Å². The number of esters is 2. The molecule has 0 spiro atoms. The number of carbonyl (C=O) groups excluding carboxylic acids is 4. The molecule has 4 atom stereocenters. The molecule has 4 fully saturated rings. The van der Waals surface area contributed by atoms with Crippen molar-refractivity contribution >= 4 is 60.3 Å². The van der Waals surface area contributed by atoms with E-state index in [0.29, 0.717) is 94.7 Å². The van der Waals surface area contributed by atoms with Crippen molar-refractivity contribution in [2.45, 2.75) is 180 Å². The summed E-state index contributed by atoms with van der Waals surface area (Å²) >= 11 is 0. The molecule has 4 unspecified atom stereocenters. The van der Waals surface area contributed by atoms with Crippen molar-refractivity contribution in [3.63, 3.8) is 0 Å². The molecule has 2 saturated heterocycles. The van der Waals surface area contributed by atoms with Crippen LogP contribution in [0.15, 0.2) is 36.4 Å². The lowest BCUT2D eigenvalue weighted by Gasteiger charge is -2.32. The van der Waals surface area contributed by atoms with E-state index in [9.17, 15) is 19.2 Å². The zero-order valence-electron chi connectivity index (χ0n) is 43.0. The molecule has 2 aromatic carbocycles. The Morgan fingerprint density at radius 1 is 0.556 bits per heavy atom. The number of hydrogen-bond donors (Lipinski definition) is 0. The van der Waals surface area contributed by atoms with E-state index in [2.05, 4.69) is 9.13 Å². The number of benzene rings is 2. The number of aromatic nitrogens is 2. The Morgan fingerprint density at radius 2 is 0.903 bits per heavy atom. The Morgan fingerprint density at radius 3 is 1.25 bits per heavy atom. The van der Waals surface area contributed by atoms with Crippen LogP contribution in [0.4, 0.5) is 20.2 Å². The van der Waals surface area contributed by atoms with Crippen molar-refractivity contribution in [3.8, 4) is 0 Å². The Labute approximate surface area is 420 Å². The molecule has 4 aliphatic carbocycles. The van der Waals surface area contributed by atoms with Gasteiger partial charge in [-0.3, -0.25) is 19.2 Å². The first-order valence-corrected chi connectivity index (χ1v) is 25.7. The van der Waals surface area contributed by atoms with Crippen LogP contribution in [0.3, 0.4) is 0 Å². The highest BCUT2D eigenvalue weighted by atomic mass is 19.1. The minimum atomic E-state index is -0.863. The Hall–Kier alpha value is -5.29. The second-order valence-corrected chi connectivity index (χ2v) is 23.1. The smallest absolute Gasteiger partial charge is 0.461 e. The molecule has 72 heavy (non-hydrogen) atoms. The molecule has 0 N–H and O–H groups in total. The fourth-order valence-corrected chi connectivity index (χ4v) is 12.7. The molecule has 0 radical (unpaired) electrons. The average Bonchev–Trinajstić information content (AvgIpc) is 4.18. The third-order valence-corrected chi connectivity index (χ3v) is 17.8. The number of ether oxygens (including phenoxy) is 2. The van der Waals surface area contributed by atoms with Gasteiger partial charge in [0.25, 0.3) is 11.8 Å². The zero-order chi connectivity index (χ0) is 51.1. The molecule has 2 amide bonds. The first-order chi connectivity index (χ1) is 33.9. The standard InChI is InChI=1S/2C27H32BFN2O5/c2*1-15(32)34-14-20-21(28-35-26(2,3)27(4,5)36-28)11-18(29)12-22(20)31-9-8-30-23(25(31)33)13-19-16-6-7-17(10-16)24(19)30/h2*11-13,16-17H,6-10,14H2,1-5H3. The predicted octanol–water partition coefficient (Wildman–Crippen LogP) is 8.03. The molecule has 4 aromatic rings. The summed E-state index contributed by atoms with van der Waals surface area (Å²) in [7, 11) is -1.73. The molecule has 380 valence electrons. The van der Waals surface area contributed by atoms with Crippen LogP contribution in [-0.2, 0) is 64.0 Å². The average molecular weight is 989 g/mol. The number of halogens is 2. The van der Waals surface area contributed by atoms with Gasteiger partial charge in [-0.2, -0.15) is 0 Å². The topological polar surface area (TPSA) is 140 Å². The first kappa shape index (κ1) is 48.9. The summed E-state index contributed by atoms with van der Waals surface area (Å²) in [4.78, 5) is 54.3. The first-order valence-electron chi connectivity index (χ1n) is 25.7. The maximum Gasteiger partial charge on any atom is 0.495 e. The van der Waals surface area contributed by atoms with E-state index in [1.165, 1.54) is 99.2 Å². The molecule has 2 saturated carbocycles. The van der Waals surface area contributed by atoms with Gasteiger partial charge in [-0.15, -0.1) is 0 Å². The summed E-state index contributed by atoms with van der Waals surface area (Å²) in [6, 6.07) is 9.51. The fourth-order valence-electron chi connectivity index (χ4n) is 12.7. The van der Waals surface area contributed by atoms with Crippen molar-refractivity contribution < 1.29 is 56.1 Å². The van der Waals surface area contributed by atoms with Crippen molar-refractivity contribution in [2.24, 2.45) is 0 Å². The highest BCUT2D eigenvalue weighted by Crippen LogP contribution is 2.56. The molecular formula is C54H64B2F2N4O10. The van der Waals surface area contributed by atoms with E-state index in [4.69, 9.17) is 28.1 Å². The quantitative estimate of drug-likeness (QED) is 0.126. The minimum Gasteiger partial charge on any atom is -0.461 e. The van der Waals surface area contributed by atoms with Crippen LogP contribution in [0.5, 0.6) is 0 Å². The molecule has 6 heterocycles. The van der Waals surface area contributed by atoms with Gasteiger partial charge in [0, 0.05) is 74.4 Å². The van der Waals surface area contributed by atoms with E-state index in [-0.39, 0.29) is 25.0 Å². The van der Waals surface area contributed by atoms with Crippen molar-refractivity contribution in [3.05, 3.63) is 93.1 Å². The number of fused-ring (bicyclic) bond motifs is 14. The maximum atomic E-state index is 15.1. The largest absolute Gasteiger partial charge is 0.495 e. The summed E-state index contributed by atoms with van der Waals surface area (Å²) in [5, 5.41) is 0. The second-order valence-electron chi connectivity index (χ2n) is 23.1. The molecule has 12 rings (SSSR count). The summed E-state index contributed by atoms with van der Waals surface area (Å²) in [6.45, 7) is 19.9. The van der Waals surface area contributed by atoms with Gasteiger partial charge < -0.3 is 47.0 Å². The number of rotatable bonds is 8. The Bertz CT molecular complexity index is 2730. The third-order valence-electron chi connectivity index (χ3n) is 17.8. The number of anilines is 2. The Balaban J connectivity index is 0.000000156. The predicted molar refractivity (Wildman–Crippen MR) is 266 cm³/mol.